The first-order chi connectivity index (χ1) is 15.3. The Balaban J connectivity index is 1.71. The number of nitrogens with zero attached hydrogens (tertiary/aromatic N) is 1. The number of rotatable bonds is 8. The SMILES string of the molecule is CCC(C)Oc1ccccc1C=C1SC(=O)N(CC(=O)Nc2ccc(OC)c(Cl)c2)C1=O. The van der Waals surface area contributed by atoms with Crippen molar-refractivity contribution in [2.45, 2.75) is 26.4 Å². The van der Waals surface area contributed by atoms with Crippen molar-refractivity contribution in [1.82, 2.24) is 4.90 Å². The second kappa shape index (κ2) is 10.6. The Bertz CT molecular complexity index is 1070. The molecule has 3 amide bonds. The van der Waals surface area contributed by atoms with Gasteiger partial charge in [0, 0.05) is 11.3 Å². The predicted molar refractivity (Wildman–Crippen MR) is 126 cm³/mol. The van der Waals surface area contributed by atoms with E-state index in [1.807, 2.05) is 38.1 Å². The number of imide groups is 1. The number of benzene rings is 2. The van der Waals surface area contributed by atoms with E-state index in [0.717, 1.165) is 23.1 Å². The molecule has 0 spiro atoms. The van der Waals surface area contributed by atoms with E-state index in [1.54, 1.807) is 18.2 Å². The van der Waals surface area contributed by atoms with Gasteiger partial charge in [-0.15, -0.1) is 0 Å². The summed E-state index contributed by atoms with van der Waals surface area (Å²) in [7, 11) is 1.49. The first-order valence-corrected chi connectivity index (χ1v) is 11.2. The minimum atomic E-state index is -0.527. The number of nitrogens with one attached hydrogen (secondary N) is 1. The Labute approximate surface area is 195 Å². The highest BCUT2D eigenvalue weighted by Crippen LogP contribution is 2.34. The highest BCUT2D eigenvalue weighted by molar-refractivity contribution is 8.18. The number of ether oxygens (including phenoxy) is 2. The van der Waals surface area contributed by atoms with E-state index in [9.17, 15) is 14.4 Å². The molecule has 1 unspecified atom stereocenters. The summed E-state index contributed by atoms with van der Waals surface area (Å²) in [5.41, 5.74) is 1.12. The van der Waals surface area contributed by atoms with Gasteiger partial charge in [-0.1, -0.05) is 36.7 Å². The molecular weight excluding hydrogens is 452 g/mol. The lowest BCUT2D eigenvalue weighted by molar-refractivity contribution is -0.127. The van der Waals surface area contributed by atoms with E-state index < -0.39 is 23.6 Å². The summed E-state index contributed by atoms with van der Waals surface area (Å²) in [6.07, 6.45) is 2.46. The van der Waals surface area contributed by atoms with Crippen LogP contribution in [0.5, 0.6) is 11.5 Å². The molecule has 32 heavy (non-hydrogen) atoms. The molecule has 3 rings (SSSR count). The molecule has 9 heteroatoms. The number of carbonyl (C=O) groups excluding carboxylic acids is 3. The van der Waals surface area contributed by atoms with Crippen LogP contribution in [0.15, 0.2) is 47.4 Å². The Morgan fingerprint density at radius 3 is 2.66 bits per heavy atom. The fourth-order valence-corrected chi connectivity index (χ4v) is 3.96. The number of hydrogen-bond donors (Lipinski definition) is 1. The monoisotopic (exact) mass is 474 g/mol. The maximum absolute atomic E-state index is 12.8. The molecule has 1 atom stereocenters. The van der Waals surface area contributed by atoms with Gasteiger partial charge in [0.25, 0.3) is 11.1 Å². The Morgan fingerprint density at radius 2 is 1.97 bits per heavy atom. The van der Waals surface area contributed by atoms with Crippen LogP contribution in [-0.2, 0) is 9.59 Å². The smallest absolute Gasteiger partial charge is 0.294 e. The highest BCUT2D eigenvalue weighted by Gasteiger charge is 2.36. The number of hydrogen-bond acceptors (Lipinski definition) is 6. The molecule has 1 N–H and O–H groups in total. The number of para-hydroxylation sites is 1. The molecule has 0 bridgehead atoms. The van der Waals surface area contributed by atoms with E-state index in [4.69, 9.17) is 21.1 Å². The van der Waals surface area contributed by atoms with Crippen LogP contribution < -0.4 is 14.8 Å². The summed E-state index contributed by atoms with van der Waals surface area (Å²) in [5.74, 6) is 0.0534. The standard InChI is InChI=1S/C23H23ClN2O5S/c1-4-14(2)31-18-8-6-5-7-15(18)11-20-22(28)26(23(29)32-20)13-21(27)25-16-9-10-19(30-3)17(24)12-16/h5-12,14H,4,13H2,1-3H3,(H,25,27). The molecule has 7 nitrogen and oxygen atoms in total. The van der Waals surface area contributed by atoms with Crippen molar-refractivity contribution >= 4 is 52.2 Å². The fourth-order valence-electron chi connectivity index (χ4n) is 2.87. The molecule has 1 fully saturated rings. The first kappa shape index (κ1) is 23.7. The van der Waals surface area contributed by atoms with Gasteiger partial charge in [0.15, 0.2) is 0 Å². The van der Waals surface area contributed by atoms with Crippen molar-refractivity contribution in [1.29, 1.82) is 0 Å². The van der Waals surface area contributed by atoms with Crippen LogP contribution in [0.4, 0.5) is 10.5 Å². The molecule has 0 aliphatic carbocycles. The molecule has 168 valence electrons. The van der Waals surface area contributed by atoms with E-state index in [0.29, 0.717) is 27.8 Å². The maximum Gasteiger partial charge on any atom is 0.294 e. The topological polar surface area (TPSA) is 84.9 Å². The van der Waals surface area contributed by atoms with Crippen molar-refractivity contribution in [3.63, 3.8) is 0 Å². The molecule has 1 aliphatic rings. The van der Waals surface area contributed by atoms with Crippen molar-refractivity contribution in [3.8, 4) is 11.5 Å². The van der Waals surface area contributed by atoms with Crippen LogP contribution >= 0.6 is 23.4 Å². The van der Waals surface area contributed by atoms with Gasteiger partial charge < -0.3 is 14.8 Å². The van der Waals surface area contributed by atoms with Crippen molar-refractivity contribution in [3.05, 3.63) is 58.0 Å². The Hall–Kier alpha value is -2.97. The number of anilines is 1. The molecule has 1 saturated heterocycles. The van der Waals surface area contributed by atoms with Crippen LogP contribution in [0.2, 0.25) is 5.02 Å². The van der Waals surface area contributed by atoms with E-state index in [2.05, 4.69) is 5.32 Å². The highest BCUT2D eigenvalue weighted by atomic mass is 35.5. The van der Waals surface area contributed by atoms with Gasteiger partial charge in [0.1, 0.15) is 18.0 Å². The lowest BCUT2D eigenvalue weighted by Gasteiger charge is -2.15. The summed E-state index contributed by atoms with van der Waals surface area (Å²) >= 11 is 6.85. The molecule has 2 aromatic carbocycles. The van der Waals surface area contributed by atoms with Gasteiger partial charge in [-0.2, -0.15) is 0 Å². The third-order valence-electron chi connectivity index (χ3n) is 4.72. The quantitative estimate of drug-likeness (QED) is 0.529. The second-order valence-electron chi connectivity index (χ2n) is 7.04. The zero-order valence-electron chi connectivity index (χ0n) is 17.9. The average molecular weight is 475 g/mol. The summed E-state index contributed by atoms with van der Waals surface area (Å²) in [6.45, 7) is 3.57. The zero-order valence-corrected chi connectivity index (χ0v) is 19.5. The summed E-state index contributed by atoms with van der Waals surface area (Å²) in [4.78, 5) is 38.8. The van der Waals surface area contributed by atoms with E-state index in [1.165, 1.54) is 13.2 Å². The van der Waals surface area contributed by atoms with E-state index in [-0.39, 0.29) is 11.0 Å². The van der Waals surface area contributed by atoms with Gasteiger partial charge >= 0.3 is 0 Å². The van der Waals surface area contributed by atoms with Crippen LogP contribution in [0.1, 0.15) is 25.8 Å². The molecule has 1 heterocycles. The van der Waals surface area contributed by atoms with Crippen LogP contribution in [0.3, 0.4) is 0 Å². The van der Waals surface area contributed by atoms with Crippen molar-refractivity contribution in [2.75, 3.05) is 19.0 Å². The first-order valence-electron chi connectivity index (χ1n) is 9.96. The van der Waals surface area contributed by atoms with Gasteiger partial charge in [-0.05, 0) is 55.4 Å². The number of amides is 3. The molecule has 0 aromatic heterocycles. The lowest BCUT2D eigenvalue weighted by Crippen LogP contribution is -2.36. The minimum absolute atomic E-state index is 0.00904. The van der Waals surface area contributed by atoms with Crippen LogP contribution in [0.25, 0.3) is 6.08 Å². The zero-order chi connectivity index (χ0) is 23.3. The third-order valence-corrected chi connectivity index (χ3v) is 5.92. The van der Waals surface area contributed by atoms with Crippen molar-refractivity contribution in [2.24, 2.45) is 0 Å². The number of carbonyl (C=O) groups is 3. The largest absolute Gasteiger partial charge is 0.495 e. The number of thioether (sulfide) groups is 1. The average Bonchev–Trinajstić information content (AvgIpc) is 3.02. The molecule has 1 aliphatic heterocycles. The summed E-state index contributed by atoms with van der Waals surface area (Å²) in [6, 6.07) is 12.1. The minimum Gasteiger partial charge on any atom is -0.495 e. The van der Waals surface area contributed by atoms with Crippen LogP contribution in [0, 0.1) is 0 Å². The van der Waals surface area contributed by atoms with Gasteiger partial charge in [0.05, 0.1) is 23.1 Å². The summed E-state index contributed by atoms with van der Waals surface area (Å²) in [5, 5.41) is 2.45. The third kappa shape index (κ3) is 5.63. The second-order valence-corrected chi connectivity index (χ2v) is 8.44. The Kier molecular flexibility index (Phi) is 7.82. The van der Waals surface area contributed by atoms with Gasteiger partial charge in [-0.25, -0.2) is 0 Å². The Morgan fingerprint density at radius 1 is 1.22 bits per heavy atom. The van der Waals surface area contributed by atoms with Crippen LogP contribution in [-0.4, -0.2) is 41.7 Å². The van der Waals surface area contributed by atoms with E-state index >= 15 is 0 Å². The lowest BCUT2D eigenvalue weighted by atomic mass is 10.1. The van der Waals surface area contributed by atoms with Crippen molar-refractivity contribution < 1.29 is 23.9 Å². The predicted octanol–water partition coefficient (Wildman–Crippen LogP) is 5.20. The fraction of sp³-hybridized carbons (Fsp3) is 0.261. The normalized spacial score (nSPS) is 15.8. The molecule has 2 aromatic rings. The number of halogens is 1. The molecule has 0 radical (unpaired) electrons. The number of methoxy groups -OCH3 is 1. The van der Waals surface area contributed by atoms with Gasteiger partial charge in [-0.3, -0.25) is 19.3 Å². The molecule has 0 saturated carbocycles. The molecular formula is C23H23ClN2O5S. The van der Waals surface area contributed by atoms with Gasteiger partial charge in [0.2, 0.25) is 5.91 Å². The maximum atomic E-state index is 12.8. The summed E-state index contributed by atoms with van der Waals surface area (Å²) < 4.78 is 11.0.